The molecule has 6 heteroatoms. The number of aromatic nitrogens is 1. The summed E-state index contributed by atoms with van der Waals surface area (Å²) < 4.78 is 16.1. The van der Waals surface area contributed by atoms with Gasteiger partial charge in [-0.2, -0.15) is 0 Å². The monoisotopic (exact) mass is 294 g/mol. The van der Waals surface area contributed by atoms with Crippen LogP contribution in [-0.4, -0.2) is 33.4 Å². The SMILES string of the molecule is CNCc1nc(-c2ccc(OC)c(OC)c2OC)cs1. The molecular weight excluding hydrogens is 276 g/mol. The van der Waals surface area contributed by atoms with Crippen LogP contribution in [0.4, 0.5) is 0 Å². The molecule has 0 aliphatic heterocycles. The smallest absolute Gasteiger partial charge is 0.203 e. The molecule has 1 heterocycles. The van der Waals surface area contributed by atoms with E-state index in [0.29, 0.717) is 17.2 Å². The van der Waals surface area contributed by atoms with E-state index in [4.69, 9.17) is 14.2 Å². The molecule has 5 nitrogen and oxygen atoms in total. The molecule has 0 aliphatic rings. The van der Waals surface area contributed by atoms with Crippen molar-refractivity contribution in [3.8, 4) is 28.5 Å². The largest absolute Gasteiger partial charge is 0.493 e. The average Bonchev–Trinajstić information content (AvgIpc) is 2.94. The third kappa shape index (κ3) is 2.71. The van der Waals surface area contributed by atoms with Gasteiger partial charge < -0.3 is 19.5 Å². The van der Waals surface area contributed by atoms with Crippen LogP contribution >= 0.6 is 11.3 Å². The van der Waals surface area contributed by atoms with Crippen molar-refractivity contribution in [2.24, 2.45) is 0 Å². The van der Waals surface area contributed by atoms with Gasteiger partial charge in [0, 0.05) is 17.5 Å². The molecule has 2 aromatic rings. The summed E-state index contributed by atoms with van der Waals surface area (Å²) in [6.45, 7) is 0.750. The van der Waals surface area contributed by atoms with E-state index in [2.05, 4.69) is 10.3 Å². The Morgan fingerprint density at radius 3 is 2.45 bits per heavy atom. The fourth-order valence-electron chi connectivity index (χ4n) is 1.97. The Morgan fingerprint density at radius 2 is 1.85 bits per heavy atom. The van der Waals surface area contributed by atoms with Gasteiger partial charge in [-0.25, -0.2) is 4.98 Å². The van der Waals surface area contributed by atoms with Gasteiger partial charge in [-0.15, -0.1) is 11.3 Å². The molecule has 0 aliphatic carbocycles. The van der Waals surface area contributed by atoms with Crippen molar-refractivity contribution in [3.63, 3.8) is 0 Å². The Kier molecular flexibility index (Phi) is 4.81. The first-order chi connectivity index (χ1) is 9.74. The number of rotatable bonds is 6. The molecule has 108 valence electrons. The van der Waals surface area contributed by atoms with Crippen LogP contribution in [0.15, 0.2) is 17.5 Å². The van der Waals surface area contributed by atoms with Crippen LogP contribution in [0.1, 0.15) is 5.01 Å². The van der Waals surface area contributed by atoms with E-state index in [-0.39, 0.29) is 0 Å². The summed E-state index contributed by atoms with van der Waals surface area (Å²) >= 11 is 1.61. The molecule has 1 aromatic heterocycles. The zero-order valence-corrected chi connectivity index (χ0v) is 12.8. The van der Waals surface area contributed by atoms with Gasteiger partial charge in [-0.1, -0.05) is 0 Å². The third-order valence-corrected chi connectivity index (χ3v) is 3.71. The van der Waals surface area contributed by atoms with Crippen LogP contribution in [-0.2, 0) is 6.54 Å². The van der Waals surface area contributed by atoms with Crippen LogP contribution in [0.25, 0.3) is 11.3 Å². The highest BCUT2D eigenvalue weighted by atomic mass is 32.1. The standard InChI is InChI=1S/C14H18N2O3S/c1-15-7-12-16-10(8-20-12)9-5-6-11(17-2)14(19-4)13(9)18-3/h5-6,8,15H,7H2,1-4H3. The van der Waals surface area contributed by atoms with Gasteiger partial charge in [0.15, 0.2) is 11.5 Å². The van der Waals surface area contributed by atoms with Crippen LogP contribution in [0.3, 0.4) is 0 Å². The summed E-state index contributed by atoms with van der Waals surface area (Å²) in [6, 6.07) is 3.78. The first-order valence-corrected chi connectivity index (χ1v) is 7.01. The molecule has 0 unspecified atom stereocenters. The highest BCUT2D eigenvalue weighted by Crippen LogP contribution is 2.44. The molecule has 0 saturated heterocycles. The minimum Gasteiger partial charge on any atom is -0.493 e. The Bertz CT molecular complexity index is 584. The maximum atomic E-state index is 5.48. The Morgan fingerprint density at radius 1 is 1.10 bits per heavy atom. The predicted octanol–water partition coefficient (Wildman–Crippen LogP) is 2.56. The number of nitrogens with zero attached hydrogens (tertiary/aromatic N) is 1. The number of ether oxygens (including phenoxy) is 3. The second-order valence-electron chi connectivity index (χ2n) is 4.04. The lowest BCUT2D eigenvalue weighted by Crippen LogP contribution is -2.04. The van der Waals surface area contributed by atoms with Crippen molar-refractivity contribution in [2.45, 2.75) is 6.54 Å². The molecule has 0 amide bonds. The number of thiazole rings is 1. The highest BCUT2D eigenvalue weighted by Gasteiger charge is 2.18. The Balaban J connectivity index is 2.49. The van der Waals surface area contributed by atoms with E-state index >= 15 is 0 Å². The van der Waals surface area contributed by atoms with Gasteiger partial charge in [-0.05, 0) is 19.2 Å². The van der Waals surface area contributed by atoms with Crippen molar-refractivity contribution >= 4 is 11.3 Å². The third-order valence-electron chi connectivity index (χ3n) is 2.86. The molecule has 0 fully saturated rings. The van der Waals surface area contributed by atoms with Gasteiger partial charge in [0.1, 0.15) is 5.01 Å². The van der Waals surface area contributed by atoms with Gasteiger partial charge in [0.2, 0.25) is 5.75 Å². The minimum absolute atomic E-state index is 0.579. The maximum Gasteiger partial charge on any atom is 0.203 e. The normalized spacial score (nSPS) is 10.4. The lowest BCUT2D eigenvalue weighted by Gasteiger charge is -2.14. The molecule has 0 radical (unpaired) electrons. The van der Waals surface area contributed by atoms with Gasteiger partial charge >= 0.3 is 0 Å². The van der Waals surface area contributed by atoms with E-state index in [0.717, 1.165) is 22.8 Å². The van der Waals surface area contributed by atoms with Crippen LogP contribution in [0.2, 0.25) is 0 Å². The minimum atomic E-state index is 0.579. The fourth-order valence-corrected chi connectivity index (χ4v) is 2.78. The van der Waals surface area contributed by atoms with Crippen molar-refractivity contribution in [2.75, 3.05) is 28.4 Å². The second kappa shape index (κ2) is 6.58. The molecular formula is C14H18N2O3S. The highest BCUT2D eigenvalue weighted by molar-refractivity contribution is 7.09. The zero-order valence-electron chi connectivity index (χ0n) is 12.0. The lowest BCUT2D eigenvalue weighted by atomic mass is 10.1. The molecule has 20 heavy (non-hydrogen) atoms. The summed E-state index contributed by atoms with van der Waals surface area (Å²) in [4.78, 5) is 4.59. The van der Waals surface area contributed by atoms with E-state index < -0.39 is 0 Å². The van der Waals surface area contributed by atoms with Crippen LogP contribution < -0.4 is 19.5 Å². The Labute approximate surface area is 122 Å². The predicted molar refractivity (Wildman–Crippen MR) is 80.0 cm³/mol. The van der Waals surface area contributed by atoms with Gasteiger partial charge in [0.25, 0.3) is 0 Å². The number of hydrogen-bond acceptors (Lipinski definition) is 6. The van der Waals surface area contributed by atoms with Crippen LogP contribution in [0, 0.1) is 0 Å². The fraction of sp³-hybridized carbons (Fsp3) is 0.357. The topological polar surface area (TPSA) is 52.6 Å². The molecule has 0 atom stereocenters. The van der Waals surface area contributed by atoms with Gasteiger partial charge in [0.05, 0.1) is 27.0 Å². The van der Waals surface area contributed by atoms with Crippen LogP contribution in [0.5, 0.6) is 17.2 Å². The molecule has 0 saturated carbocycles. The second-order valence-corrected chi connectivity index (χ2v) is 4.98. The lowest BCUT2D eigenvalue weighted by molar-refractivity contribution is 0.325. The number of benzene rings is 1. The summed E-state index contributed by atoms with van der Waals surface area (Å²) in [5, 5.41) is 6.13. The maximum absolute atomic E-state index is 5.48. The zero-order chi connectivity index (χ0) is 14.5. The molecule has 1 aromatic carbocycles. The number of methoxy groups -OCH3 is 3. The summed E-state index contributed by atoms with van der Waals surface area (Å²) in [7, 11) is 6.71. The van der Waals surface area contributed by atoms with Crippen molar-refractivity contribution in [1.82, 2.24) is 10.3 Å². The number of nitrogens with one attached hydrogen (secondary N) is 1. The van der Waals surface area contributed by atoms with E-state index in [1.165, 1.54) is 0 Å². The first kappa shape index (κ1) is 14.6. The molecule has 0 spiro atoms. The quantitative estimate of drug-likeness (QED) is 0.887. The van der Waals surface area contributed by atoms with Crippen molar-refractivity contribution in [3.05, 3.63) is 22.5 Å². The van der Waals surface area contributed by atoms with Crippen molar-refractivity contribution < 1.29 is 14.2 Å². The van der Waals surface area contributed by atoms with E-state index in [1.54, 1.807) is 32.7 Å². The van der Waals surface area contributed by atoms with Gasteiger partial charge in [-0.3, -0.25) is 0 Å². The van der Waals surface area contributed by atoms with Crippen molar-refractivity contribution in [1.29, 1.82) is 0 Å². The summed E-state index contributed by atoms with van der Waals surface area (Å²) in [6.07, 6.45) is 0. The number of hydrogen-bond donors (Lipinski definition) is 1. The van der Waals surface area contributed by atoms with E-state index in [9.17, 15) is 0 Å². The average molecular weight is 294 g/mol. The van der Waals surface area contributed by atoms with E-state index in [1.807, 2.05) is 24.6 Å². The summed E-state index contributed by atoms with van der Waals surface area (Å²) in [5.74, 6) is 1.85. The Hall–Kier alpha value is -1.79. The first-order valence-electron chi connectivity index (χ1n) is 6.13. The molecule has 0 bridgehead atoms. The summed E-state index contributed by atoms with van der Waals surface area (Å²) in [5.41, 5.74) is 1.77. The molecule has 2 rings (SSSR count). The molecule has 1 N–H and O–H groups in total.